The van der Waals surface area contributed by atoms with Crippen LogP contribution >= 0.6 is 0 Å². The zero-order valence-corrected chi connectivity index (χ0v) is 15.4. The highest BCUT2D eigenvalue weighted by Gasteiger charge is 2.21. The molecule has 3 heterocycles. The standard InChI is InChI=1S/C20H22F2N6/c21-16-4-5-17(18(22)9-16)19-15(12-26-27-19)11-23-10-14-3-1-8-28(13-14)20-24-6-2-7-25-20/h2,4-7,9,12,14,23H,1,3,8,10-11,13H2,(H,26,27). The van der Waals surface area contributed by atoms with Crippen LogP contribution in [0.2, 0.25) is 0 Å². The summed E-state index contributed by atoms with van der Waals surface area (Å²) in [5, 5.41) is 10.3. The van der Waals surface area contributed by atoms with Crippen LogP contribution in [0, 0.1) is 17.6 Å². The highest BCUT2D eigenvalue weighted by atomic mass is 19.1. The highest BCUT2D eigenvalue weighted by Crippen LogP contribution is 2.25. The maximum absolute atomic E-state index is 14.1. The van der Waals surface area contributed by atoms with Crippen molar-refractivity contribution in [3.8, 4) is 11.3 Å². The molecule has 0 bridgehead atoms. The number of nitrogens with one attached hydrogen (secondary N) is 2. The number of H-pyrrole nitrogens is 1. The van der Waals surface area contributed by atoms with Gasteiger partial charge in [0.05, 0.1) is 11.9 Å². The quantitative estimate of drug-likeness (QED) is 0.683. The molecule has 28 heavy (non-hydrogen) atoms. The van der Waals surface area contributed by atoms with Gasteiger partial charge in [-0.3, -0.25) is 5.10 Å². The minimum Gasteiger partial charge on any atom is -0.341 e. The number of hydrogen-bond donors (Lipinski definition) is 2. The molecule has 0 radical (unpaired) electrons. The molecule has 2 aromatic heterocycles. The summed E-state index contributed by atoms with van der Waals surface area (Å²) in [5.41, 5.74) is 1.75. The first kappa shape index (κ1) is 18.5. The van der Waals surface area contributed by atoms with Crippen LogP contribution in [0.5, 0.6) is 0 Å². The van der Waals surface area contributed by atoms with Gasteiger partial charge in [0.25, 0.3) is 0 Å². The molecule has 1 aliphatic heterocycles. The molecule has 8 heteroatoms. The lowest BCUT2D eigenvalue weighted by Gasteiger charge is -2.32. The van der Waals surface area contributed by atoms with E-state index in [1.54, 1.807) is 18.6 Å². The molecule has 2 N–H and O–H groups in total. The molecule has 0 spiro atoms. The van der Waals surface area contributed by atoms with Crippen molar-refractivity contribution in [2.75, 3.05) is 24.5 Å². The van der Waals surface area contributed by atoms with Gasteiger partial charge in [0, 0.05) is 49.2 Å². The minimum absolute atomic E-state index is 0.320. The van der Waals surface area contributed by atoms with Crippen molar-refractivity contribution in [2.45, 2.75) is 19.4 Å². The third-order valence-corrected chi connectivity index (χ3v) is 5.02. The van der Waals surface area contributed by atoms with E-state index in [1.165, 1.54) is 12.1 Å². The number of anilines is 1. The zero-order chi connectivity index (χ0) is 19.3. The van der Waals surface area contributed by atoms with E-state index in [0.29, 0.717) is 23.7 Å². The average molecular weight is 384 g/mol. The van der Waals surface area contributed by atoms with Gasteiger partial charge < -0.3 is 10.2 Å². The van der Waals surface area contributed by atoms with E-state index < -0.39 is 11.6 Å². The molecular weight excluding hydrogens is 362 g/mol. The second-order valence-electron chi connectivity index (χ2n) is 7.03. The van der Waals surface area contributed by atoms with Crippen LogP contribution < -0.4 is 10.2 Å². The van der Waals surface area contributed by atoms with Crippen molar-refractivity contribution in [1.29, 1.82) is 0 Å². The first-order valence-electron chi connectivity index (χ1n) is 9.41. The topological polar surface area (TPSA) is 69.7 Å². The first-order valence-corrected chi connectivity index (χ1v) is 9.41. The van der Waals surface area contributed by atoms with Crippen molar-refractivity contribution in [3.63, 3.8) is 0 Å². The van der Waals surface area contributed by atoms with Crippen LogP contribution in [0.4, 0.5) is 14.7 Å². The molecule has 4 rings (SSSR count). The molecule has 1 aliphatic rings. The van der Waals surface area contributed by atoms with E-state index in [-0.39, 0.29) is 0 Å². The van der Waals surface area contributed by atoms with E-state index in [1.807, 2.05) is 6.07 Å². The largest absolute Gasteiger partial charge is 0.341 e. The fourth-order valence-corrected chi connectivity index (χ4v) is 3.65. The van der Waals surface area contributed by atoms with Gasteiger partial charge in [0.15, 0.2) is 0 Å². The predicted octanol–water partition coefficient (Wildman–Crippen LogP) is 3.15. The SMILES string of the molecule is Fc1ccc(-c2[nH]ncc2CNCC2CCCN(c3ncccn3)C2)c(F)c1. The number of aromatic amines is 1. The van der Waals surface area contributed by atoms with Crippen molar-refractivity contribution in [3.05, 3.63) is 60.1 Å². The Bertz CT molecular complexity index is 914. The van der Waals surface area contributed by atoms with Crippen LogP contribution in [0.25, 0.3) is 11.3 Å². The molecule has 0 aliphatic carbocycles. The number of nitrogens with zero attached hydrogens (tertiary/aromatic N) is 4. The van der Waals surface area contributed by atoms with Crippen LogP contribution in [0.1, 0.15) is 18.4 Å². The van der Waals surface area contributed by atoms with Crippen LogP contribution in [0.3, 0.4) is 0 Å². The van der Waals surface area contributed by atoms with E-state index in [9.17, 15) is 8.78 Å². The summed E-state index contributed by atoms with van der Waals surface area (Å²) in [5.74, 6) is 0.0625. The molecule has 1 saturated heterocycles. The number of hydrogen-bond acceptors (Lipinski definition) is 5. The summed E-state index contributed by atoms with van der Waals surface area (Å²) < 4.78 is 27.2. The van der Waals surface area contributed by atoms with E-state index in [2.05, 4.69) is 30.4 Å². The molecule has 146 valence electrons. The Morgan fingerprint density at radius 2 is 2.07 bits per heavy atom. The maximum Gasteiger partial charge on any atom is 0.225 e. The second-order valence-corrected chi connectivity index (χ2v) is 7.03. The van der Waals surface area contributed by atoms with E-state index in [0.717, 1.165) is 50.1 Å². The molecule has 1 atom stereocenters. The Labute approximate surface area is 162 Å². The van der Waals surface area contributed by atoms with Gasteiger partial charge in [-0.1, -0.05) is 0 Å². The summed E-state index contributed by atoms with van der Waals surface area (Å²) >= 11 is 0. The first-order chi connectivity index (χ1) is 13.7. The van der Waals surface area contributed by atoms with Crippen molar-refractivity contribution in [1.82, 2.24) is 25.5 Å². The van der Waals surface area contributed by atoms with Gasteiger partial charge in [-0.15, -0.1) is 0 Å². The Hall–Kier alpha value is -2.87. The Morgan fingerprint density at radius 3 is 2.89 bits per heavy atom. The van der Waals surface area contributed by atoms with Gasteiger partial charge in [0.2, 0.25) is 5.95 Å². The molecular formula is C20H22F2N6. The zero-order valence-electron chi connectivity index (χ0n) is 15.4. The summed E-state index contributed by atoms with van der Waals surface area (Å²) in [6, 6.07) is 5.38. The third-order valence-electron chi connectivity index (χ3n) is 5.02. The summed E-state index contributed by atoms with van der Waals surface area (Å²) in [4.78, 5) is 10.9. The number of rotatable bonds is 6. The lowest BCUT2D eigenvalue weighted by atomic mass is 9.98. The van der Waals surface area contributed by atoms with Crippen LogP contribution in [-0.2, 0) is 6.54 Å². The molecule has 6 nitrogen and oxygen atoms in total. The molecule has 3 aromatic rings. The Balaban J connectivity index is 1.35. The van der Waals surface area contributed by atoms with Crippen molar-refractivity contribution in [2.24, 2.45) is 5.92 Å². The fourth-order valence-electron chi connectivity index (χ4n) is 3.65. The average Bonchev–Trinajstić information content (AvgIpc) is 3.17. The minimum atomic E-state index is -0.601. The smallest absolute Gasteiger partial charge is 0.225 e. The normalized spacial score (nSPS) is 17.1. The molecule has 1 fully saturated rings. The van der Waals surface area contributed by atoms with Crippen molar-refractivity contribution >= 4 is 5.95 Å². The van der Waals surface area contributed by atoms with Gasteiger partial charge in [-0.25, -0.2) is 18.7 Å². The molecule has 1 unspecified atom stereocenters. The monoisotopic (exact) mass is 384 g/mol. The van der Waals surface area contributed by atoms with Crippen LogP contribution in [-0.4, -0.2) is 39.8 Å². The van der Waals surface area contributed by atoms with E-state index in [4.69, 9.17) is 0 Å². The van der Waals surface area contributed by atoms with Gasteiger partial charge in [-0.2, -0.15) is 5.10 Å². The van der Waals surface area contributed by atoms with Crippen molar-refractivity contribution < 1.29 is 8.78 Å². The number of benzene rings is 1. The third kappa shape index (κ3) is 4.17. The second kappa shape index (κ2) is 8.43. The van der Waals surface area contributed by atoms with Crippen LogP contribution in [0.15, 0.2) is 42.9 Å². The lowest BCUT2D eigenvalue weighted by Crippen LogP contribution is -2.40. The summed E-state index contributed by atoms with van der Waals surface area (Å²) in [6.45, 7) is 3.26. The number of piperidine rings is 1. The fraction of sp³-hybridized carbons (Fsp3) is 0.350. The van der Waals surface area contributed by atoms with Gasteiger partial charge in [0.1, 0.15) is 11.6 Å². The molecule has 0 amide bonds. The molecule has 1 aromatic carbocycles. The number of halogens is 2. The molecule has 0 saturated carbocycles. The number of aromatic nitrogens is 4. The van der Waals surface area contributed by atoms with E-state index >= 15 is 0 Å². The highest BCUT2D eigenvalue weighted by molar-refractivity contribution is 5.63. The maximum atomic E-state index is 14.1. The van der Waals surface area contributed by atoms with Gasteiger partial charge >= 0.3 is 0 Å². The Kier molecular flexibility index (Phi) is 5.57. The summed E-state index contributed by atoms with van der Waals surface area (Å²) in [6.07, 6.45) is 7.44. The lowest BCUT2D eigenvalue weighted by molar-refractivity contribution is 0.388. The predicted molar refractivity (Wildman–Crippen MR) is 103 cm³/mol. The summed E-state index contributed by atoms with van der Waals surface area (Å²) in [7, 11) is 0. The Morgan fingerprint density at radius 1 is 1.21 bits per heavy atom. The van der Waals surface area contributed by atoms with Gasteiger partial charge in [-0.05, 0) is 43.5 Å².